The molecule has 0 fully saturated rings. The van der Waals surface area contributed by atoms with E-state index in [0.29, 0.717) is 17.3 Å². The van der Waals surface area contributed by atoms with Crippen molar-refractivity contribution in [2.75, 3.05) is 5.32 Å². The number of nitriles is 1. The van der Waals surface area contributed by atoms with Gasteiger partial charge in [-0.3, -0.25) is 44.9 Å². The average molecular weight is 602 g/mol. The predicted molar refractivity (Wildman–Crippen MR) is 150 cm³/mol. The number of carbonyl (C=O) groups is 2. The van der Waals surface area contributed by atoms with Gasteiger partial charge in [-0.25, -0.2) is 10.4 Å². The van der Waals surface area contributed by atoms with Crippen LogP contribution in [0.3, 0.4) is 0 Å². The van der Waals surface area contributed by atoms with E-state index in [2.05, 4.69) is 25.8 Å². The Morgan fingerprint density at radius 3 is 2.19 bits per heavy atom. The molecule has 0 saturated heterocycles. The molecule has 0 aliphatic heterocycles. The summed E-state index contributed by atoms with van der Waals surface area (Å²) in [5, 5.41) is 51.3. The number of nitrogens with zero attached hydrogens (tertiary/aromatic N) is 7. The maximum atomic E-state index is 13.4. The molecule has 4 rings (SSSR count). The Kier molecular flexibility index (Phi) is 8.78. The Hall–Kier alpha value is -6.48. The first-order chi connectivity index (χ1) is 20.6. The number of hydrogen-bond donors (Lipinski definition) is 2. The number of hydrazone groups is 1. The monoisotopic (exact) mass is 601 g/mol. The number of amides is 2. The molecule has 2 N–H and O–H groups in total. The Bertz CT molecular complexity index is 1820. The molecule has 18 heteroatoms. The van der Waals surface area contributed by atoms with Crippen molar-refractivity contribution in [2.24, 2.45) is 5.10 Å². The highest BCUT2D eigenvalue weighted by molar-refractivity contribution is 7.10. The van der Waals surface area contributed by atoms with Crippen molar-refractivity contribution >= 4 is 51.6 Å². The average Bonchev–Trinajstić information content (AvgIpc) is 3.49. The van der Waals surface area contributed by atoms with Crippen molar-refractivity contribution in [2.45, 2.75) is 5.92 Å². The van der Waals surface area contributed by atoms with E-state index >= 15 is 0 Å². The van der Waals surface area contributed by atoms with Crippen LogP contribution in [-0.2, 0) is 4.79 Å². The lowest BCUT2D eigenvalue weighted by Gasteiger charge is -2.12. The lowest BCUT2D eigenvalue weighted by Crippen LogP contribution is -2.32. The number of aromatic nitrogens is 2. The van der Waals surface area contributed by atoms with E-state index in [1.807, 2.05) is 6.07 Å². The van der Waals surface area contributed by atoms with Crippen LogP contribution >= 0.6 is 11.3 Å². The van der Waals surface area contributed by atoms with Crippen LogP contribution in [0.15, 0.2) is 77.5 Å². The summed E-state index contributed by atoms with van der Waals surface area (Å²) in [6.07, 6.45) is 2.68. The van der Waals surface area contributed by atoms with Gasteiger partial charge in [0.25, 0.3) is 28.9 Å². The van der Waals surface area contributed by atoms with Crippen molar-refractivity contribution in [3.05, 3.63) is 113 Å². The molecule has 43 heavy (non-hydrogen) atoms. The number of nitrogens with one attached hydrogen (secondary N) is 2. The van der Waals surface area contributed by atoms with E-state index in [9.17, 15) is 45.2 Å². The second-order valence-corrected chi connectivity index (χ2v) is 9.17. The Labute approximate surface area is 243 Å². The van der Waals surface area contributed by atoms with E-state index in [1.165, 1.54) is 54.2 Å². The molecule has 0 bridgehead atoms. The summed E-state index contributed by atoms with van der Waals surface area (Å²) >= 11 is 0.951. The van der Waals surface area contributed by atoms with Gasteiger partial charge in [-0.2, -0.15) is 10.4 Å². The van der Waals surface area contributed by atoms with Gasteiger partial charge >= 0.3 is 0 Å². The number of carbonyl (C=O) groups excluding carboxylic acids is 2. The molecule has 0 aliphatic carbocycles. The first kappa shape index (κ1) is 29.5. The van der Waals surface area contributed by atoms with Crippen molar-refractivity contribution < 1.29 is 24.4 Å². The van der Waals surface area contributed by atoms with Crippen LogP contribution in [0.1, 0.15) is 21.3 Å². The van der Waals surface area contributed by atoms with E-state index in [0.717, 1.165) is 23.5 Å². The van der Waals surface area contributed by atoms with E-state index in [4.69, 9.17) is 0 Å². The minimum atomic E-state index is -1.51. The van der Waals surface area contributed by atoms with Crippen molar-refractivity contribution in [3.8, 4) is 17.3 Å². The second kappa shape index (κ2) is 12.8. The number of benzene rings is 2. The molecule has 17 nitrogen and oxygen atoms in total. The van der Waals surface area contributed by atoms with Gasteiger partial charge in [-0.15, -0.1) is 11.3 Å². The number of hydrogen-bond acceptors (Lipinski definition) is 13. The van der Waals surface area contributed by atoms with E-state index < -0.39 is 55.3 Å². The zero-order valence-electron chi connectivity index (χ0n) is 21.3. The summed E-state index contributed by atoms with van der Waals surface area (Å²) in [6, 6.07) is 12.6. The number of anilines is 1. The van der Waals surface area contributed by atoms with Crippen molar-refractivity contribution in [3.63, 3.8) is 0 Å². The quantitative estimate of drug-likeness (QED) is 0.149. The van der Waals surface area contributed by atoms with Gasteiger partial charge in [0.2, 0.25) is 0 Å². The highest BCUT2D eigenvalue weighted by Gasteiger charge is 2.30. The van der Waals surface area contributed by atoms with Crippen LogP contribution in [0.2, 0.25) is 0 Å². The number of pyridine rings is 1. The van der Waals surface area contributed by atoms with Crippen molar-refractivity contribution in [1.29, 1.82) is 5.26 Å². The van der Waals surface area contributed by atoms with Crippen LogP contribution in [0, 0.1) is 41.7 Å². The Balaban J connectivity index is 1.71. The van der Waals surface area contributed by atoms with Gasteiger partial charge in [0.15, 0.2) is 0 Å². The fraction of sp³-hybridized carbons (Fsp3) is 0.0400. The SMILES string of the molecule is N#C[C@H](/C(=N/NC(=O)c1ccncc1)C(=O)Nc1ccc([N+](=O)[O-])cc1[N+](=O)[O-])c1nc(-c2ccc([N+](=O)[O-])cc2)cs1. The largest absolute Gasteiger partial charge is 0.315 e. The molecule has 2 aromatic carbocycles. The molecule has 0 unspecified atom stereocenters. The second-order valence-electron chi connectivity index (χ2n) is 8.28. The van der Waals surface area contributed by atoms with Gasteiger partial charge in [-0.05, 0) is 30.3 Å². The molecule has 2 aromatic heterocycles. The first-order valence-corrected chi connectivity index (χ1v) is 12.6. The third-order valence-corrected chi connectivity index (χ3v) is 6.54. The normalized spacial score (nSPS) is 11.6. The third kappa shape index (κ3) is 6.82. The number of non-ortho nitro benzene ring substituents is 2. The highest BCUT2D eigenvalue weighted by Crippen LogP contribution is 2.31. The zero-order chi connectivity index (χ0) is 31.1. The minimum absolute atomic E-state index is 0.0427. The van der Waals surface area contributed by atoms with Crippen LogP contribution in [0.5, 0.6) is 0 Å². The standard InChI is InChI=1S/C25H15N9O8S/c26-12-18(25-29-20(13-43-25)14-1-3-16(4-2-14)32(37)38)22(30-31-23(35)15-7-9-27-10-8-15)24(36)28-19-6-5-17(33(39)40)11-21(19)34(41)42/h1-11,13,18H,(H,28,36)(H,31,35)/b30-22-/t18-/m1/s1. The van der Waals surface area contributed by atoms with Crippen LogP contribution in [0.25, 0.3) is 11.3 Å². The number of thiazole rings is 1. The summed E-state index contributed by atoms with van der Waals surface area (Å²) in [5.41, 5.74) is 0.489. The predicted octanol–water partition coefficient (Wildman–Crippen LogP) is 3.96. The zero-order valence-corrected chi connectivity index (χ0v) is 22.1. The molecule has 0 saturated carbocycles. The molecule has 214 valence electrons. The molecule has 0 spiro atoms. The summed E-state index contributed by atoms with van der Waals surface area (Å²) in [4.78, 5) is 65.4. The molecule has 0 aliphatic rings. The molecule has 0 radical (unpaired) electrons. The number of nitro groups is 3. The molecule has 2 heterocycles. The van der Waals surface area contributed by atoms with E-state index in [1.54, 1.807) is 0 Å². The molecule has 2 amide bonds. The molecule has 4 aromatic rings. The summed E-state index contributed by atoms with van der Waals surface area (Å²) in [6.45, 7) is 0. The molecular weight excluding hydrogens is 586 g/mol. The lowest BCUT2D eigenvalue weighted by molar-refractivity contribution is -0.393. The molecular formula is C25H15N9O8S. The van der Waals surface area contributed by atoms with Gasteiger partial charge in [0, 0.05) is 47.1 Å². The van der Waals surface area contributed by atoms with Crippen LogP contribution in [-0.4, -0.2) is 42.3 Å². The van der Waals surface area contributed by atoms with Gasteiger partial charge < -0.3 is 5.32 Å². The smallest absolute Gasteiger partial charge is 0.299 e. The fourth-order valence-corrected chi connectivity index (χ4v) is 4.41. The number of nitro benzene ring substituents is 3. The van der Waals surface area contributed by atoms with Gasteiger partial charge in [0.1, 0.15) is 22.3 Å². The Morgan fingerprint density at radius 1 is 0.930 bits per heavy atom. The maximum absolute atomic E-state index is 13.4. The Morgan fingerprint density at radius 2 is 1.58 bits per heavy atom. The maximum Gasteiger partial charge on any atom is 0.299 e. The molecule has 1 atom stereocenters. The third-order valence-electron chi connectivity index (χ3n) is 5.64. The van der Waals surface area contributed by atoms with Crippen molar-refractivity contribution in [1.82, 2.24) is 15.4 Å². The lowest BCUT2D eigenvalue weighted by atomic mass is 10.0. The number of rotatable bonds is 10. The topological polar surface area (TPSA) is 250 Å². The van der Waals surface area contributed by atoms with Gasteiger partial charge in [0.05, 0.1) is 32.6 Å². The summed E-state index contributed by atoms with van der Waals surface area (Å²) in [7, 11) is 0. The van der Waals surface area contributed by atoms with E-state index in [-0.39, 0.29) is 16.3 Å². The van der Waals surface area contributed by atoms with Crippen LogP contribution < -0.4 is 10.7 Å². The highest BCUT2D eigenvalue weighted by atomic mass is 32.1. The fourth-order valence-electron chi connectivity index (χ4n) is 3.54. The first-order valence-electron chi connectivity index (χ1n) is 11.7. The summed E-state index contributed by atoms with van der Waals surface area (Å²) in [5.74, 6) is -3.42. The summed E-state index contributed by atoms with van der Waals surface area (Å²) < 4.78 is 0. The minimum Gasteiger partial charge on any atom is -0.315 e. The van der Waals surface area contributed by atoms with Crippen LogP contribution in [0.4, 0.5) is 22.7 Å². The van der Waals surface area contributed by atoms with Gasteiger partial charge in [-0.1, -0.05) is 0 Å².